The van der Waals surface area contributed by atoms with Gasteiger partial charge in [0, 0.05) is 34.9 Å². The van der Waals surface area contributed by atoms with Crippen molar-refractivity contribution in [1.82, 2.24) is 4.90 Å². The molecule has 0 bridgehead atoms. The van der Waals surface area contributed by atoms with E-state index < -0.39 is 6.09 Å². The second-order valence-electron chi connectivity index (χ2n) is 8.19. The number of hydrogen-bond donors (Lipinski definition) is 1. The third-order valence-corrected chi connectivity index (χ3v) is 6.31. The summed E-state index contributed by atoms with van der Waals surface area (Å²) in [4.78, 5) is 15.7. The van der Waals surface area contributed by atoms with Crippen LogP contribution in [0.2, 0.25) is 0 Å². The highest BCUT2D eigenvalue weighted by Gasteiger charge is 2.37. The van der Waals surface area contributed by atoms with Gasteiger partial charge in [-0.2, -0.15) is 0 Å². The maximum Gasteiger partial charge on any atom is 0.407 e. The molecule has 1 aromatic rings. The Bertz CT molecular complexity index is 626. The molecule has 132 valence electrons. The van der Waals surface area contributed by atoms with E-state index in [1.807, 2.05) is 0 Å². The van der Waals surface area contributed by atoms with Gasteiger partial charge in [0.15, 0.2) is 0 Å². The first-order valence-electron chi connectivity index (χ1n) is 8.78. The van der Waals surface area contributed by atoms with E-state index in [4.69, 9.17) is 0 Å². The van der Waals surface area contributed by atoms with Crippen molar-refractivity contribution in [3.63, 3.8) is 0 Å². The van der Waals surface area contributed by atoms with Crippen LogP contribution in [-0.4, -0.2) is 41.8 Å². The van der Waals surface area contributed by atoms with Gasteiger partial charge < -0.3 is 14.9 Å². The molecule has 4 nitrogen and oxygen atoms in total. The Labute approximate surface area is 158 Å². The Hall–Kier alpha value is -0.980. The van der Waals surface area contributed by atoms with Gasteiger partial charge in [-0.3, -0.25) is 0 Å². The van der Waals surface area contributed by atoms with E-state index in [1.165, 1.54) is 14.8 Å². The van der Waals surface area contributed by atoms with E-state index in [2.05, 4.69) is 66.5 Å². The number of likely N-dealkylation sites (tertiary alicyclic amines) is 1. The first kappa shape index (κ1) is 17.8. The minimum atomic E-state index is -0.777. The van der Waals surface area contributed by atoms with Crippen LogP contribution in [-0.2, 0) is 6.42 Å². The summed E-state index contributed by atoms with van der Waals surface area (Å²) in [5.74, 6) is 0.383. The number of carbonyl (C=O) groups is 1. The summed E-state index contributed by atoms with van der Waals surface area (Å²) >= 11 is 2.37. The highest BCUT2D eigenvalue weighted by atomic mass is 127. The molecule has 2 aliphatic heterocycles. The molecular formula is C19H27IN2O2. The smallest absolute Gasteiger partial charge is 0.407 e. The van der Waals surface area contributed by atoms with Crippen LogP contribution in [0.25, 0.3) is 0 Å². The van der Waals surface area contributed by atoms with Crippen LogP contribution >= 0.6 is 22.6 Å². The fourth-order valence-corrected chi connectivity index (χ4v) is 4.60. The lowest BCUT2D eigenvalue weighted by atomic mass is 9.77. The number of benzene rings is 1. The van der Waals surface area contributed by atoms with E-state index >= 15 is 0 Å². The zero-order valence-corrected chi connectivity index (χ0v) is 16.9. The Balaban J connectivity index is 1.85. The Kier molecular flexibility index (Phi) is 5.00. The van der Waals surface area contributed by atoms with Gasteiger partial charge in [0.05, 0.1) is 0 Å². The van der Waals surface area contributed by atoms with Gasteiger partial charge in [-0.05, 0) is 76.9 Å². The predicted molar refractivity (Wildman–Crippen MR) is 106 cm³/mol. The van der Waals surface area contributed by atoms with Crippen LogP contribution in [0.1, 0.15) is 39.2 Å². The van der Waals surface area contributed by atoms with Crippen LogP contribution in [0.5, 0.6) is 0 Å². The molecule has 0 aromatic heterocycles. The highest BCUT2D eigenvalue weighted by Crippen LogP contribution is 2.38. The molecule has 0 saturated carbocycles. The molecule has 1 saturated heterocycles. The van der Waals surface area contributed by atoms with Gasteiger partial charge in [0.25, 0.3) is 0 Å². The minimum Gasteiger partial charge on any atom is -0.465 e. The second-order valence-corrected chi connectivity index (χ2v) is 9.43. The molecule has 2 unspecified atom stereocenters. The summed E-state index contributed by atoms with van der Waals surface area (Å²) in [6.07, 6.45) is 2.32. The molecule has 1 fully saturated rings. The molecular weight excluding hydrogens is 415 g/mol. The maximum absolute atomic E-state index is 11.6. The molecule has 1 amide bonds. The third kappa shape index (κ3) is 3.65. The second kappa shape index (κ2) is 6.73. The number of fused-ring (bicyclic) bond motifs is 1. The van der Waals surface area contributed by atoms with Gasteiger partial charge in [-0.25, -0.2) is 4.79 Å². The summed E-state index contributed by atoms with van der Waals surface area (Å²) in [6, 6.07) is 7.15. The number of carboxylic acid groups (broad SMARTS) is 1. The van der Waals surface area contributed by atoms with Crippen LogP contribution in [0.4, 0.5) is 10.5 Å². The lowest BCUT2D eigenvalue weighted by Crippen LogP contribution is -2.38. The van der Waals surface area contributed by atoms with Gasteiger partial charge in [0.1, 0.15) is 0 Å². The van der Waals surface area contributed by atoms with Gasteiger partial charge >= 0.3 is 6.09 Å². The molecule has 2 atom stereocenters. The molecule has 1 aromatic carbocycles. The summed E-state index contributed by atoms with van der Waals surface area (Å²) < 4.78 is 1.29. The van der Waals surface area contributed by atoms with Gasteiger partial charge in [-0.15, -0.1) is 0 Å². The van der Waals surface area contributed by atoms with Gasteiger partial charge in [0.2, 0.25) is 0 Å². The summed E-state index contributed by atoms with van der Waals surface area (Å²) in [5, 5.41) is 9.50. The SMILES string of the molecule is CC(C)(C)C1CC(N2CCc3cc(I)ccc32)CCN(C(=O)O)C1. The number of hydrogen-bond acceptors (Lipinski definition) is 2. The summed E-state index contributed by atoms with van der Waals surface area (Å²) in [7, 11) is 0. The Morgan fingerprint density at radius 2 is 2.04 bits per heavy atom. The number of rotatable bonds is 1. The predicted octanol–water partition coefficient (Wildman–Crippen LogP) is 4.46. The fraction of sp³-hybridized carbons (Fsp3) is 0.632. The topological polar surface area (TPSA) is 43.8 Å². The average molecular weight is 442 g/mol. The maximum atomic E-state index is 11.6. The monoisotopic (exact) mass is 442 g/mol. The van der Waals surface area contributed by atoms with E-state index in [1.54, 1.807) is 4.90 Å². The van der Waals surface area contributed by atoms with Crippen molar-refractivity contribution in [2.75, 3.05) is 24.5 Å². The summed E-state index contributed by atoms with van der Waals surface area (Å²) in [5.41, 5.74) is 2.91. The largest absolute Gasteiger partial charge is 0.465 e. The normalized spacial score (nSPS) is 24.7. The lowest BCUT2D eigenvalue weighted by Gasteiger charge is -2.36. The number of anilines is 1. The van der Waals surface area contributed by atoms with Crippen molar-refractivity contribution >= 4 is 34.4 Å². The van der Waals surface area contributed by atoms with Crippen LogP contribution in [0.3, 0.4) is 0 Å². The minimum absolute atomic E-state index is 0.116. The standard InChI is InChI=1S/C19H27IN2O2/c1-19(2,3)14-11-16(7-8-21(12-14)18(23)24)22-9-6-13-10-15(20)4-5-17(13)22/h4-5,10,14,16H,6-9,11-12H2,1-3H3,(H,23,24). The molecule has 5 heteroatoms. The fourth-order valence-electron chi connectivity index (χ4n) is 4.04. The number of nitrogens with zero attached hydrogens (tertiary/aromatic N) is 2. The Morgan fingerprint density at radius 1 is 1.29 bits per heavy atom. The van der Waals surface area contributed by atoms with E-state index in [0.29, 0.717) is 25.0 Å². The Morgan fingerprint density at radius 3 is 2.71 bits per heavy atom. The van der Waals surface area contributed by atoms with Crippen molar-refractivity contribution in [1.29, 1.82) is 0 Å². The first-order chi connectivity index (χ1) is 11.3. The molecule has 2 aliphatic rings. The van der Waals surface area contributed by atoms with E-state index in [0.717, 1.165) is 25.8 Å². The van der Waals surface area contributed by atoms with Crippen molar-refractivity contribution in [3.05, 3.63) is 27.3 Å². The first-order valence-corrected chi connectivity index (χ1v) is 9.86. The molecule has 0 radical (unpaired) electrons. The van der Waals surface area contributed by atoms with E-state index in [-0.39, 0.29) is 5.41 Å². The van der Waals surface area contributed by atoms with Crippen molar-refractivity contribution in [3.8, 4) is 0 Å². The zero-order valence-electron chi connectivity index (χ0n) is 14.8. The van der Waals surface area contributed by atoms with Gasteiger partial charge in [-0.1, -0.05) is 20.8 Å². The number of halogens is 1. The lowest BCUT2D eigenvalue weighted by molar-refractivity contribution is 0.122. The summed E-state index contributed by atoms with van der Waals surface area (Å²) in [6.45, 7) is 9.07. The molecule has 1 N–H and O–H groups in total. The molecule has 2 heterocycles. The molecule has 24 heavy (non-hydrogen) atoms. The zero-order chi connectivity index (χ0) is 17.5. The van der Waals surface area contributed by atoms with Crippen LogP contribution < -0.4 is 4.90 Å². The van der Waals surface area contributed by atoms with Crippen molar-refractivity contribution < 1.29 is 9.90 Å². The quantitative estimate of drug-likeness (QED) is 0.654. The highest BCUT2D eigenvalue weighted by molar-refractivity contribution is 14.1. The molecule has 0 aliphatic carbocycles. The van der Waals surface area contributed by atoms with Crippen molar-refractivity contribution in [2.24, 2.45) is 11.3 Å². The van der Waals surface area contributed by atoms with Crippen LogP contribution in [0, 0.1) is 14.9 Å². The van der Waals surface area contributed by atoms with Crippen molar-refractivity contribution in [2.45, 2.75) is 46.1 Å². The molecule has 3 rings (SSSR count). The third-order valence-electron chi connectivity index (χ3n) is 5.64. The van der Waals surface area contributed by atoms with Crippen LogP contribution in [0.15, 0.2) is 18.2 Å². The van der Waals surface area contributed by atoms with E-state index in [9.17, 15) is 9.90 Å². The average Bonchev–Trinajstić information content (AvgIpc) is 2.75. The number of amides is 1. The molecule has 0 spiro atoms.